The van der Waals surface area contributed by atoms with Gasteiger partial charge in [0.15, 0.2) is 0 Å². The molecule has 1 aliphatic heterocycles. The smallest absolute Gasteiger partial charge is 0.318 e. The van der Waals surface area contributed by atoms with Crippen molar-refractivity contribution in [2.45, 2.75) is 57.3 Å². The molecule has 0 spiro atoms. The maximum absolute atomic E-state index is 13.8. The maximum atomic E-state index is 13.8. The summed E-state index contributed by atoms with van der Waals surface area (Å²) in [6, 6.07) is 3.32. The van der Waals surface area contributed by atoms with Crippen LogP contribution in [-0.2, 0) is 11.3 Å². The number of benzene rings is 1. The van der Waals surface area contributed by atoms with Crippen molar-refractivity contribution in [1.82, 2.24) is 10.2 Å². The van der Waals surface area contributed by atoms with Crippen molar-refractivity contribution < 1.29 is 18.3 Å². The van der Waals surface area contributed by atoms with E-state index in [-0.39, 0.29) is 30.8 Å². The van der Waals surface area contributed by atoms with E-state index in [1.54, 1.807) is 4.90 Å². The molecule has 6 heteroatoms. The second-order valence-electron chi connectivity index (χ2n) is 6.38. The first kappa shape index (κ1) is 16.2. The third kappa shape index (κ3) is 3.99. The number of rotatable bonds is 5. The van der Waals surface area contributed by atoms with Gasteiger partial charge in [-0.3, -0.25) is 0 Å². The zero-order valence-electron chi connectivity index (χ0n) is 13.2. The first-order valence-corrected chi connectivity index (χ1v) is 8.17. The van der Waals surface area contributed by atoms with Crippen LogP contribution in [0.3, 0.4) is 0 Å². The molecule has 2 aliphatic rings. The number of amides is 2. The Hall–Kier alpha value is -1.69. The van der Waals surface area contributed by atoms with Crippen LogP contribution in [0.4, 0.5) is 13.6 Å². The summed E-state index contributed by atoms with van der Waals surface area (Å²) in [7, 11) is 0. The number of urea groups is 1. The SMILES string of the molecule is C[C@@H](NC(=O)N(Cc1ccc(F)cc1F)C1CC1)[C@@H]1CCCO1. The van der Waals surface area contributed by atoms with Gasteiger partial charge < -0.3 is 15.0 Å². The van der Waals surface area contributed by atoms with Gasteiger partial charge in [-0.25, -0.2) is 13.6 Å². The minimum absolute atomic E-state index is 0.0440. The number of nitrogens with one attached hydrogen (secondary N) is 1. The number of halogens is 2. The van der Waals surface area contributed by atoms with Gasteiger partial charge in [0.2, 0.25) is 0 Å². The fraction of sp³-hybridized carbons (Fsp3) is 0.588. The van der Waals surface area contributed by atoms with Gasteiger partial charge in [0.25, 0.3) is 0 Å². The molecule has 1 heterocycles. The minimum Gasteiger partial charge on any atom is -0.376 e. The monoisotopic (exact) mass is 324 g/mol. The predicted molar refractivity (Wildman–Crippen MR) is 81.9 cm³/mol. The number of nitrogens with zero attached hydrogens (tertiary/aromatic N) is 1. The molecule has 23 heavy (non-hydrogen) atoms. The van der Waals surface area contributed by atoms with Crippen LogP contribution in [0.5, 0.6) is 0 Å². The highest BCUT2D eigenvalue weighted by Gasteiger charge is 2.34. The number of carbonyl (C=O) groups is 1. The van der Waals surface area contributed by atoms with Crippen LogP contribution in [0.15, 0.2) is 18.2 Å². The Kier molecular flexibility index (Phi) is 4.80. The molecule has 0 aromatic heterocycles. The van der Waals surface area contributed by atoms with Crippen molar-refractivity contribution in [2.24, 2.45) is 0 Å². The Bertz CT molecular complexity index is 572. The van der Waals surface area contributed by atoms with Crippen molar-refractivity contribution in [3.05, 3.63) is 35.4 Å². The molecule has 4 nitrogen and oxygen atoms in total. The summed E-state index contributed by atoms with van der Waals surface area (Å²) in [6.07, 6.45) is 3.84. The second kappa shape index (κ2) is 6.83. The highest BCUT2D eigenvalue weighted by Crippen LogP contribution is 2.29. The molecule has 1 aromatic rings. The molecule has 2 atom stereocenters. The van der Waals surface area contributed by atoms with Crippen LogP contribution >= 0.6 is 0 Å². The predicted octanol–water partition coefficient (Wildman–Crippen LogP) is 3.21. The third-order valence-corrected chi connectivity index (χ3v) is 4.48. The fourth-order valence-electron chi connectivity index (χ4n) is 2.95. The quantitative estimate of drug-likeness (QED) is 0.904. The van der Waals surface area contributed by atoms with E-state index in [2.05, 4.69) is 5.32 Å². The van der Waals surface area contributed by atoms with Gasteiger partial charge in [0.1, 0.15) is 11.6 Å². The Morgan fingerprint density at radius 3 is 2.78 bits per heavy atom. The minimum atomic E-state index is -0.615. The summed E-state index contributed by atoms with van der Waals surface area (Å²) in [5, 5.41) is 2.96. The first-order valence-electron chi connectivity index (χ1n) is 8.17. The average Bonchev–Trinajstić information content (AvgIpc) is 3.19. The van der Waals surface area contributed by atoms with E-state index < -0.39 is 11.6 Å². The van der Waals surface area contributed by atoms with E-state index in [9.17, 15) is 13.6 Å². The molecule has 1 saturated carbocycles. The van der Waals surface area contributed by atoms with Gasteiger partial charge in [0, 0.05) is 24.3 Å². The van der Waals surface area contributed by atoms with Gasteiger partial charge in [-0.15, -0.1) is 0 Å². The van der Waals surface area contributed by atoms with Crippen LogP contribution in [-0.4, -0.2) is 35.7 Å². The van der Waals surface area contributed by atoms with Crippen LogP contribution in [0, 0.1) is 11.6 Å². The molecule has 0 bridgehead atoms. The number of hydrogen-bond acceptors (Lipinski definition) is 2. The van der Waals surface area contributed by atoms with E-state index in [1.807, 2.05) is 6.92 Å². The standard InChI is InChI=1S/C17H22F2N2O2/c1-11(16-3-2-8-23-16)20-17(22)21(14-6-7-14)10-12-4-5-13(18)9-15(12)19/h4-5,9,11,14,16H,2-3,6-8,10H2,1H3,(H,20,22)/t11-,16+/m1/s1. The van der Waals surface area contributed by atoms with Crippen molar-refractivity contribution in [2.75, 3.05) is 6.61 Å². The van der Waals surface area contributed by atoms with Crippen LogP contribution in [0.1, 0.15) is 38.2 Å². The van der Waals surface area contributed by atoms with Crippen LogP contribution in [0.2, 0.25) is 0 Å². The normalized spacial score (nSPS) is 22.0. The van der Waals surface area contributed by atoms with Gasteiger partial charge in [-0.05, 0) is 38.7 Å². The first-order chi connectivity index (χ1) is 11.0. The summed E-state index contributed by atoms with van der Waals surface area (Å²) in [6.45, 7) is 2.82. The lowest BCUT2D eigenvalue weighted by atomic mass is 10.1. The molecule has 1 saturated heterocycles. The van der Waals surface area contributed by atoms with Crippen molar-refractivity contribution in [1.29, 1.82) is 0 Å². The second-order valence-corrected chi connectivity index (χ2v) is 6.38. The summed E-state index contributed by atoms with van der Waals surface area (Å²) < 4.78 is 32.4. The van der Waals surface area contributed by atoms with E-state index >= 15 is 0 Å². The Balaban J connectivity index is 1.64. The molecular formula is C17H22F2N2O2. The van der Waals surface area contributed by atoms with Crippen molar-refractivity contribution in [3.63, 3.8) is 0 Å². The van der Waals surface area contributed by atoms with E-state index in [4.69, 9.17) is 4.74 Å². The lowest BCUT2D eigenvalue weighted by Gasteiger charge is -2.27. The molecule has 1 aliphatic carbocycles. The number of hydrogen-bond donors (Lipinski definition) is 1. The molecule has 2 fully saturated rings. The molecule has 0 unspecified atom stereocenters. The van der Waals surface area contributed by atoms with Crippen molar-refractivity contribution >= 4 is 6.03 Å². The molecule has 1 aromatic carbocycles. The van der Waals surface area contributed by atoms with E-state index in [1.165, 1.54) is 12.1 Å². The van der Waals surface area contributed by atoms with Crippen LogP contribution < -0.4 is 5.32 Å². The molecule has 126 valence electrons. The summed E-state index contributed by atoms with van der Waals surface area (Å²) in [4.78, 5) is 14.2. The number of carbonyl (C=O) groups excluding carboxylic acids is 1. The molecule has 1 N–H and O–H groups in total. The lowest BCUT2D eigenvalue weighted by Crippen LogP contribution is -2.48. The zero-order valence-corrected chi connectivity index (χ0v) is 13.2. The Labute approximate surface area is 134 Å². The Morgan fingerprint density at radius 1 is 1.39 bits per heavy atom. The molecule has 0 radical (unpaired) electrons. The lowest BCUT2D eigenvalue weighted by molar-refractivity contribution is 0.0828. The van der Waals surface area contributed by atoms with E-state index in [0.717, 1.165) is 38.4 Å². The fourth-order valence-corrected chi connectivity index (χ4v) is 2.95. The van der Waals surface area contributed by atoms with Crippen molar-refractivity contribution in [3.8, 4) is 0 Å². The topological polar surface area (TPSA) is 41.6 Å². The maximum Gasteiger partial charge on any atom is 0.318 e. The van der Waals surface area contributed by atoms with E-state index in [0.29, 0.717) is 5.56 Å². The van der Waals surface area contributed by atoms with Gasteiger partial charge >= 0.3 is 6.03 Å². The largest absolute Gasteiger partial charge is 0.376 e. The highest BCUT2D eigenvalue weighted by molar-refractivity contribution is 5.75. The third-order valence-electron chi connectivity index (χ3n) is 4.48. The van der Waals surface area contributed by atoms with Gasteiger partial charge in [-0.2, -0.15) is 0 Å². The van der Waals surface area contributed by atoms with Gasteiger partial charge in [-0.1, -0.05) is 6.07 Å². The zero-order chi connectivity index (χ0) is 16.4. The van der Waals surface area contributed by atoms with Gasteiger partial charge in [0.05, 0.1) is 18.7 Å². The number of ether oxygens (including phenoxy) is 1. The van der Waals surface area contributed by atoms with Crippen LogP contribution in [0.25, 0.3) is 0 Å². The summed E-state index contributed by atoms with van der Waals surface area (Å²) in [5.41, 5.74) is 0.332. The Morgan fingerprint density at radius 2 is 2.17 bits per heavy atom. The molecule has 2 amide bonds. The molecular weight excluding hydrogens is 302 g/mol. The summed E-state index contributed by atoms with van der Waals surface area (Å²) >= 11 is 0. The molecule has 3 rings (SSSR count). The average molecular weight is 324 g/mol. The highest BCUT2D eigenvalue weighted by atomic mass is 19.1. The summed E-state index contributed by atoms with van der Waals surface area (Å²) in [5.74, 6) is -1.23.